The second-order valence-corrected chi connectivity index (χ2v) is 9.53. The third-order valence-electron chi connectivity index (χ3n) is 5.42. The molecular formula is C23H30FN3O3S. The minimum Gasteiger partial charge on any atom is -0.488 e. The van der Waals surface area contributed by atoms with Gasteiger partial charge in [-0.2, -0.15) is 11.3 Å². The zero-order chi connectivity index (χ0) is 22.4. The first-order valence-corrected chi connectivity index (χ1v) is 11.4. The van der Waals surface area contributed by atoms with Gasteiger partial charge < -0.3 is 19.9 Å². The molecular weight excluding hydrogens is 417 g/mol. The smallest absolute Gasteiger partial charge is 0.317 e. The molecule has 2 heterocycles. The Labute approximate surface area is 187 Å². The predicted octanol–water partition coefficient (Wildman–Crippen LogP) is 4.24. The molecule has 1 aromatic carbocycles. The number of hydrogen-bond donors (Lipinski definition) is 1. The zero-order valence-corrected chi connectivity index (χ0v) is 19.1. The number of rotatable bonds is 5. The maximum absolute atomic E-state index is 13.9. The molecule has 1 aliphatic heterocycles. The molecule has 168 valence electrons. The molecule has 0 aliphatic carbocycles. The lowest BCUT2D eigenvalue weighted by molar-refractivity contribution is 0.0762. The standard InChI is InChI=1S/C23H30FN3O3S/c1-23(2,3)20(15-30-19-8-5-4-7-18(19)24)25-22(29)27-11-6-10-26(12-13-27)21(28)17-9-14-31-16-17/h4-5,7-9,14,16,20H,6,10-13,15H2,1-3H3,(H,25,29). The highest BCUT2D eigenvalue weighted by Crippen LogP contribution is 2.23. The maximum Gasteiger partial charge on any atom is 0.317 e. The van der Waals surface area contributed by atoms with Gasteiger partial charge in [0, 0.05) is 31.6 Å². The van der Waals surface area contributed by atoms with Crippen molar-refractivity contribution in [1.82, 2.24) is 15.1 Å². The average Bonchev–Trinajstić information content (AvgIpc) is 3.15. The summed E-state index contributed by atoms with van der Waals surface area (Å²) < 4.78 is 19.6. The van der Waals surface area contributed by atoms with E-state index >= 15 is 0 Å². The summed E-state index contributed by atoms with van der Waals surface area (Å²) in [6, 6.07) is 7.56. The van der Waals surface area contributed by atoms with E-state index in [-0.39, 0.29) is 35.8 Å². The first-order chi connectivity index (χ1) is 14.8. The lowest BCUT2D eigenvalue weighted by Crippen LogP contribution is -2.52. The number of urea groups is 1. The molecule has 3 rings (SSSR count). The van der Waals surface area contributed by atoms with Gasteiger partial charge in [-0.25, -0.2) is 9.18 Å². The number of nitrogens with one attached hydrogen (secondary N) is 1. The van der Waals surface area contributed by atoms with Gasteiger partial charge in [-0.1, -0.05) is 32.9 Å². The van der Waals surface area contributed by atoms with Gasteiger partial charge in [-0.05, 0) is 35.4 Å². The normalized spacial score (nSPS) is 15.9. The van der Waals surface area contributed by atoms with E-state index in [1.807, 2.05) is 37.6 Å². The van der Waals surface area contributed by atoms with Crippen LogP contribution in [0.3, 0.4) is 0 Å². The lowest BCUT2D eigenvalue weighted by atomic mass is 9.87. The molecule has 1 N–H and O–H groups in total. The third-order valence-corrected chi connectivity index (χ3v) is 6.11. The van der Waals surface area contributed by atoms with Crippen molar-refractivity contribution in [3.05, 3.63) is 52.5 Å². The molecule has 6 nitrogen and oxygen atoms in total. The Bertz CT molecular complexity index is 882. The van der Waals surface area contributed by atoms with Crippen LogP contribution < -0.4 is 10.1 Å². The molecule has 1 saturated heterocycles. The summed E-state index contributed by atoms with van der Waals surface area (Å²) in [7, 11) is 0. The van der Waals surface area contributed by atoms with Gasteiger partial charge in [-0.15, -0.1) is 0 Å². The van der Waals surface area contributed by atoms with Crippen LogP contribution in [0, 0.1) is 11.2 Å². The Kier molecular flexibility index (Phi) is 7.54. The number of hydrogen-bond acceptors (Lipinski definition) is 4. The monoisotopic (exact) mass is 447 g/mol. The summed E-state index contributed by atoms with van der Waals surface area (Å²) in [5.74, 6) is -0.248. The van der Waals surface area contributed by atoms with Crippen molar-refractivity contribution in [2.45, 2.75) is 33.2 Å². The molecule has 1 unspecified atom stereocenters. The minimum absolute atomic E-state index is 0.00867. The summed E-state index contributed by atoms with van der Waals surface area (Å²) in [6.07, 6.45) is 0.717. The van der Waals surface area contributed by atoms with Gasteiger partial charge in [-0.3, -0.25) is 4.79 Å². The van der Waals surface area contributed by atoms with Crippen LogP contribution in [0.2, 0.25) is 0 Å². The summed E-state index contributed by atoms with van der Waals surface area (Å²) in [5.41, 5.74) is 0.411. The average molecular weight is 448 g/mol. The van der Waals surface area contributed by atoms with E-state index < -0.39 is 5.82 Å². The van der Waals surface area contributed by atoms with Gasteiger partial charge in [0.25, 0.3) is 5.91 Å². The largest absolute Gasteiger partial charge is 0.488 e. The van der Waals surface area contributed by atoms with Gasteiger partial charge in [0.2, 0.25) is 0 Å². The van der Waals surface area contributed by atoms with Crippen LogP contribution in [0.15, 0.2) is 41.1 Å². The molecule has 0 radical (unpaired) electrons. The molecule has 0 saturated carbocycles. The van der Waals surface area contributed by atoms with Gasteiger partial charge in [0.1, 0.15) is 6.61 Å². The van der Waals surface area contributed by atoms with Gasteiger partial charge >= 0.3 is 6.03 Å². The van der Waals surface area contributed by atoms with Crippen LogP contribution in [0.25, 0.3) is 0 Å². The SMILES string of the molecule is CC(C)(C)C(COc1ccccc1F)NC(=O)N1CCCN(C(=O)c2ccsc2)CC1. The molecule has 3 amide bonds. The van der Waals surface area contributed by atoms with E-state index in [1.165, 1.54) is 17.4 Å². The van der Waals surface area contributed by atoms with E-state index in [0.717, 1.165) is 6.42 Å². The Balaban J connectivity index is 1.58. The van der Waals surface area contributed by atoms with E-state index in [4.69, 9.17) is 4.74 Å². The van der Waals surface area contributed by atoms with Crippen LogP contribution in [-0.2, 0) is 0 Å². The highest BCUT2D eigenvalue weighted by atomic mass is 32.1. The van der Waals surface area contributed by atoms with Crippen molar-refractivity contribution in [3.63, 3.8) is 0 Å². The summed E-state index contributed by atoms with van der Waals surface area (Å²) in [6.45, 7) is 8.33. The van der Waals surface area contributed by atoms with Crippen molar-refractivity contribution < 1.29 is 18.7 Å². The van der Waals surface area contributed by atoms with Crippen LogP contribution in [0.5, 0.6) is 5.75 Å². The predicted molar refractivity (Wildman–Crippen MR) is 120 cm³/mol. The van der Waals surface area contributed by atoms with Gasteiger partial charge in [0.05, 0.1) is 11.6 Å². The fraction of sp³-hybridized carbons (Fsp3) is 0.478. The molecule has 31 heavy (non-hydrogen) atoms. The number of carbonyl (C=O) groups is 2. The number of ether oxygens (including phenoxy) is 1. The molecule has 1 atom stereocenters. The van der Waals surface area contributed by atoms with Crippen LogP contribution in [-0.4, -0.2) is 60.6 Å². The first kappa shape index (κ1) is 23.1. The summed E-state index contributed by atoms with van der Waals surface area (Å²) in [4.78, 5) is 29.1. The Morgan fingerprint density at radius 2 is 1.84 bits per heavy atom. The van der Waals surface area contributed by atoms with E-state index in [1.54, 1.807) is 28.0 Å². The number of benzene rings is 1. The Morgan fingerprint density at radius 1 is 1.13 bits per heavy atom. The molecule has 2 aromatic rings. The van der Waals surface area contributed by atoms with Crippen molar-refractivity contribution in [2.24, 2.45) is 5.41 Å². The van der Waals surface area contributed by atoms with E-state index in [9.17, 15) is 14.0 Å². The number of nitrogens with zero attached hydrogens (tertiary/aromatic N) is 2. The van der Waals surface area contributed by atoms with Crippen molar-refractivity contribution in [1.29, 1.82) is 0 Å². The minimum atomic E-state index is -0.426. The van der Waals surface area contributed by atoms with E-state index in [0.29, 0.717) is 31.7 Å². The lowest BCUT2D eigenvalue weighted by Gasteiger charge is -2.33. The highest BCUT2D eigenvalue weighted by molar-refractivity contribution is 7.08. The third kappa shape index (κ3) is 6.19. The van der Waals surface area contributed by atoms with Crippen molar-refractivity contribution in [2.75, 3.05) is 32.8 Å². The fourth-order valence-electron chi connectivity index (χ4n) is 3.38. The Morgan fingerprint density at radius 3 is 2.52 bits per heavy atom. The number of thiophene rings is 1. The van der Waals surface area contributed by atoms with Crippen molar-refractivity contribution >= 4 is 23.3 Å². The number of carbonyl (C=O) groups excluding carboxylic acids is 2. The topological polar surface area (TPSA) is 61.9 Å². The molecule has 1 aromatic heterocycles. The van der Waals surface area contributed by atoms with Crippen LogP contribution in [0.4, 0.5) is 9.18 Å². The first-order valence-electron chi connectivity index (χ1n) is 10.5. The second-order valence-electron chi connectivity index (χ2n) is 8.75. The molecule has 0 spiro atoms. The summed E-state index contributed by atoms with van der Waals surface area (Å²) >= 11 is 1.50. The molecule has 1 aliphatic rings. The number of para-hydroxylation sites is 1. The zero-order valence-electron chi connectivity index (χ0n) is 18.3. The van der Waals surface area contributed by atoms with Crippen LogP contribution >= 0.6 is 11.3 Å². The number of halogens is 1. The molecule has 0 bridgehead atoms. The van der Waals surface area contributed by atoms with E-state index in [2.05, 4.69) is 5.32 Å². The van der Waals surface area contributed by atoms with Crippen molar-refractivity contribution in [3.8, 4) is 5.75 Å². The highest BCUT2D eigenvalue weighted by Gasteiger charge is 2.30. The second kappa shape index (κ2) is 10.1. The van der Waals surface area contributed by atoms with Gasteiger partial charge in [0.15, 0.2) is 11.6 Å². The Hall–Kier alpha value is -2.61. The summed E-state index contributed by atoms with van der Waals surface area (Å²) in [5, 5.41) is 6.79. The number of amides is 3. The fourth-order valence-corrected chi connectivity index (χ4v) is 4.01. The quantitative estimate of drug-likeness (QED) is 0.746. The molecule has 8 heteroatoms. The van der Waals surface area contributed by atoms with Crippen LogP contribution in [0.1, 0.15) is 37.6 Å². The maximum atomic E-state index is 13.9. The molecule has 1 fully saturated rings.